The van der Waals surface area contributed by atoms with Crippen LogP contribution >= 0.6 is 0 Å². The number of hydrogen-bond acceptors (Lipinski definition) is 7. The Hall–Kier alpha value is -2.74. The van der Waals surface area contributed by atoms with E-state index in [9.17, 15) is 4.79 Å². The summed E-state index contributed by atoms with van der Waals surface area (Å²) in [6, 6.07) is 7.14. The molecule has 2 aromatic heterocycles. The third-order valence-electron chi connectivity index (χ3n) is 3.32. The molecule has 1 aromatic carbocycles. The number of nitrogens with zero attached hydrogens (tertiary/aromatic N) is 3. The number of aromatic nitrogens is 4. The molecule has 0 atom stereocenters. The molecule has 8 heteroatoms. The first-order valence-electron chi connectivity index (χ1n) is 7.22. The third kappa shape index (κ3) is 3.37. The average molecular weight is 316 g/mol. The summed E-state index contributed by atoms with van der Waals surface area (Å²) in [4.78, 5) is 12.1. The molecule has 0 aliphatic heterocycles. The third-order valence-corrected chi connectivity index (χ3v) is 3.32. The summed E-state index contributed by atoms with van der Waals surface area (Å²) >= 11 is 0. The van der Waals surface area contributed by atoms with Crippen LogP contribution in [0.25, 0.3) is 22.4 Å². The fourth-order valence-electron chi connectivity index (χ4n) is 2.20. The Labute approximate surface area is 131 Å². The van der Waals surface area contributed by atoms with E-state index >= 15 is 0 Å². The van der Waals surface area contributed by atoms with Crippen molar-refractivity contribution < 1.29 is 13.9 Å². The number of unbranched alkanes of at least 4 members (excludes halogenated alkanes) is 1. The van der Waals surface area contributed by atoms with Gasteiger partial charge in [0.05, 0.1) is 6.61 Å². The van der Waals surface area contributed by atoms with Crippen LogP contribution in [0.1, 0.15) is 12.8 Å². The Balaban J connectivity index is 1.86. The summed E-state index contributed by atoms with van der Waals surface area (Å²) in [7, 11) is 1.67. The first kappa shape index (κ1) is 15.2. The van der Waals surface area contributed by atoms with Crippen molar-refractivity contribution in [3.63, 3.8) is 0 Å². The van der Waals surface area contributed by atoms with Crippen molar-refractivity contribution in [2.24, 2.45) is 0 Å². The van der Waals surface area contributed by atoms with Crippen LogP contribution in [-0.2, 0) is 4.74 Å². The molecule has 0 bridgehead atoms. The molecule has 8 nitrogen and oxygen atoms in total. The average Bonchev–Trinajstić information content (AvgIpc) is 3.08. The molecule has 0 aliphatic carbocycles. The zero-order valence-electron chi connectivity index (χ0n) is 12.6. The SMILES string of the molecule is COCCCCOc1cccc2cc(-c3nnn[nH]3)c(=O)oc12. The van der Waals surface area contributed by atoms with E-state index in [4.69, 9.17) is 13.9 Å². The largest absolute Gasteiger partial charge is 0.490 e. The summed E-state index contributed by atoms with van der Waals surface area (Å²) in [5, 5.41) is 14.0. The topological polar surface area (TPSA) is 103 Å². The van der Waals surface area contributed by atoms with Crippen LogP contribution in [0.5, 0.6) is 5.75 Å². The van der Waals surface area contributed by atoms with E-state index in [0.717, 1.165) is 18.2 Å². The molecule has 1 N–H and O–H groups in total. The van der Waals surface area contributed by atoms with Crippen molar-refractivity contribution >= 4 is 11.0 Å². The van der Waals surface area contributed by atoms with Gasteiger partial charge in [0.1, 0.15) is 5.56 Å². The maximum atomic E-state index is 12.1. The minimum atomic E-state index is -0.522. The number of benzene rings is 1. The van der Waals surface area contributed by atoms with Gasteiger partial charge in [0, 0.05) is 19.1 Å². The van der Waals surface area contributed by atoms with Gasteiger partial charge in [-0.2, -0.15) is 0 Å². The van der Waals surface area contributed by atoms with Gasteiger partial charge in [0.15, 0.2) is 17.2 Å². The van der Waals surface area contributed by atoms with Gasteiger partial charge in [-0.1, -0.05) is 12.1 Å². The summed E-state index contributed by atoms with van der Waals surface area (Å²) in [5.41, 5.74) is 0.173. The fraction of sp³-hybridized carbons (Fsp3) is 0.333. The lowest BCUT2D eigenvalue weighted by molar-refractivity contribution is 0.184. The molecule has 3 aromatic rings. The van der Waals surface area contributed by atoms with Crippen LogP contribution in [0.4, 0.5) is 0 Å². The minimum absolute atomic E-state index is 0.270. The van der Waals surface area contributed by atoms with Gasteiger partial charge < -0.3 is 13.9 Å². The minimum Gasteiger partial charge on any atom is -0.490 e. The first-order valence-corrected chi connectivity index (χ1v) is 7.22. The van der Waals surface area contributed by atoms with Gasteiger partial charge in [-0.15, -0.1) is 5.10 Å². The smallest absolute Gasteiger partial charge is 0.347 e. The Morgan fingerprint density at radius 3 is 2.91 bits per heavy atom. The van der Waals surface area contributed by atoms with Crippen LogP contribution < -0.4 is 10.4 Å². The molecule has 0 radical (unpaired) electrons. The zero-order chi connectivity index (χ0) is 16.1. The lowest BCUT2D eigenvalue weighted by atomic mass is 10.1. The molecule has 0 amide bonds. The molecule has 0 aliphatic rings. The van der Waals surface area contributed by atoms with Crippen LogP contribution in [0.15, 0.2) is 33.5 Å². The second-order valence-electron chi connectivity index (χ2n) is 4.92. The highest BCUT2D eigenvalue weighted by Gasteiger charge is 2.13. The number of H-pyrrole nitrogens is 1. The molecule has 0 fully saturated rings. The Bertz CT molecular complexity index is 829. The summed E-state index contributed by atoms with van der Waals surface area (Å²) < 4.78 is 16.1. The van der Waals surface area contributed by atoms with Gasteiger partial charge in [0.25, 0.3) is 0 Å². The van der Waals surface area contributed by atoms with Gasteiger partial charge in [0.2, 0.25) is 0 Å². The predicted octanol–water partition coefficient (Wildman–Crippen LogP) is 1.78. The maximum absolute atomic E-state index is 12.1. The van der Waals surface area contributed by atoms with Crippen LogP contribution in [-0.4, -0.2) is 40.9 Å². The van der Waals surface area contributed by atoms with E-state index in [1.165, 1.54) is 0 Å². The van der Waals surface area contributed by atoms with Gasteiger partial charge in [-0.05, 0) is 35.4 Å². The molecule has 2 heterocycles. The standard InChI is InChI=1S/C15H16N4O4/c1-21-7-2-3-8-22-12-6-4-5-10-9-11(14-16-18-19-17-14)15(20)23-13(10)12/h4-6,9H,2-3,7-8H2,1H3,(H,16,17,18,19). The number of ether oxygens (including phenoxy) is 2. The van der Waals surface area contributed by atoms with E-state index in [1.54, 1.807) is 19.2 Å². The van der Waals surface area contributed by atoms with Crippen molar-refractivity contribution in [3.8, 4) is 17.1 Å². The number of hydrogen-bond donors (Lipinski definition) is 1. The molecule has 23 heavy (non-hydrogen) atoms. The number of methoxy groups -OCH3 is 1. The lowest BCUT2D eigenvalue weighted by Crippen LogP contribution is -2.05. The van der Waals surface area contributed by atoms with Gasteiger partial charge >= 0.3 is 5.63 Å². The van der Waals surface area contributed by atoms with Crippen molar-refractivity contribution in [2.75, 3.05) is 20.3 Å². The summed E-state index contributed by atoms with van der Waals surface area (Å²) in [5.74, 6) is 0.811. The molecule has 0 saturated heterocycles. The van der Waals surface area contributed by atoms with Crippen LogP contribution in [0.2, 0.25) is 0 Å². The molecule has 0 spiro atoms. The molecule has 0 saturated carbocycles. The molecular weight excluding hydrogens is 300 g/mol. The Kier molecular flexibility index (Phi) is 4.62. The molecule has 3 rings (SSSR count). The van der Waals surface area contributed by atoms with Crippen molar-refractivity contribution in [2.45, 2.75) is 12.8 Å². The molecular formula is C15H16N4O4. The second-order valence-corrected chi connectivity index (χ2v) is 4.92. The van der Waals surface area contributed by atoms with E-state index < -0.39 is 5.63 Å². The molecule has 0 unspecified atom stereocenters. The predicted molar refractivity (Wildman–Crippen MR) is 82.3 cm³/mol. The second kappa shape index (κ2) is 7.01. The fourth-order valence-corrected chi connectivity index (χ4v) is 2.20. The quantitative estimate of drug-likeness (QED) is 0.523. The monoisotopic (exact) mass is 316 g/mol. The number of rotatable bonds is 7. The van der Waals surface area contributed by atoms with E-state index in [1.807, 2.05) is 12.1 Å². The number of para-hydroxylation sites is 1. The van der Waals surface area contributed by atoms with E-state index in [2.05, 4.69) is 20.6 Å². The van der Waals surface area contributed by atoms with Gasteiger partial charge in [-0.25, -0.2) is 9.89 Å². The lowest BCUT2D eigenvalue weighted by Gasteiger charge is -2.08. The first-order chi connectivity index (χ1) is 11.3. The van der Waals surface area contributed by atoms with Crippen molar-refractivity contribution in [1.29, 1.82) is 0 Å². The van der Waals surface area contributed by atoms with E-state index in [-0.39, 0.29) is 11.4 Å². The normalized spacial score (nSPS) is 11.0. The highest BCUT2D eigenvalue weighted by molar-refractivity contribution is 5.85. The van der Waals surface area contributed by atoms with Crippen LogP contribution in [0.3, 0.4) is 0 Å². The number of tetrazole rings is 1. The van der Waals surface area contributed by atoms with E-state index in [0.29, 0.717) is 24.5 Å². The Morgan fingerprint density at radius 1 is 1.26 bits per heavy atom. The maximum Gasteiger partial charge on any atom is 0.347 e. The number of aromatic amines is 1. The molecule has 120 valence electrons. The summed E-state index contributed by atoms with van der Waals surface area (Å²) in [6.07, 6.45) is 1.77. The van der Waals surface area contributed by atoms with Gasteiger partial charge in [-0.3, -0.25) is 0 Å². The highest BCUT2D eigenvalue weighted by Crippen LogP contribution is 2.26. The van der Waals surface area contributed by atoms with Crippen LogP contribution in [0, 0.1) is 0 Å². The number of nitrogens with one attached hydrogen (secondary N) is 1. The zero-order valence-corrected chi connectivity index (χ0v) is 12.6. The highest BCUT2D eigenvalue weighted by atomic mass is 16.5. The van der Waals surface area contributed by atoms with Crippen molar-refractivity contribution in [1.82, 2.24) is 20.6 Å². The number of fused-ring (bicyclic) bond motifs is 1. The Morgan fingerprint density at radius 2 is 2.13 bits per heavy atom. The summed E-state index contributed by atoms with van der Waals surface area (Å²) in [6.45, 7) is 1.22. The van der Waals surface area contributed by atoms with Crippen molar-refractivity contribution in [3.05, 3.63) is 34.7 Å².